The summed E-state index contributed by atoms with van der Waals surface area (Å²) in [5, 5.41) is 9.32. The summed E-state index contributed by atoms with van der Waals surface area (Å²) >= 11 is 0. The van der Waals surface area contributed by atoms with Crippen LogP contribution in [0, 0.1) is 5.41 Å². The van der Waals surface area contributed by atoms with E-state index in [1.807, 2.05) is 6.07 Å². The Morgan fingerprint density at radius 1 is 0.938 bits per heavy atom. The minimum absolute atomic E-state index is 0.123. The first-order chi connectivity index (χ1) is 15.5. The molecule has 1 aromatic rings. The second-order valence-corrected chi connectivity index (χ2v) is 9.73. The molecule has 8 nitrogen and oxygen atoms in total. The van der Waals surface area contributed by atoms with Gasteiger partial charge in [-0.05, 0) is 81.1 Å². The largest absolute Gasteiger partial charge is 0.317 e. The van der Waals surface area contributed by atoms with Crippen molar-refractivity contribution in [2.75, 3.05) is 13.1 Å². The molecule has 5 rings (SSSR count). The van der Waals surface area contributed by atoms with Gasteiger partial charge in [-0.25, -0.2) is 0 Å². The Balaban J connectivity index is 1.21. The molecule has 8 heteroatoms. The maximum absolute atomic E-state index is 13.0. The van der Waals surface area contributed by atoms with Gasteiger partial charge in [0.25, 0.3) is 11.8 Å². The first-order valence-electron chi connectivity index (χ1n) is 11.7. The van der Waals surface area contributed by atoms with Crippen LogP contribution >= 0.6 is 0 Å². The lowest BCUT2D eigenvalue weighted by Gasteiger charge is -2.43. The molecule has 32 heavy (non-hydrogen) atoms. The third-order valence-corrected chi connectivity index (χ3v) is 7.81. The molecule has 170 valence electrons. The molecule has 0 aromatic heterocycles. The number of rotatable bonds is 4. The van der Waals surface area contributed by atoms with Crippen molar-refractivity contribution in [3.8, 4) is 0 Å². The van der Waals surface area contributed by atoms with Gasteiger partial charge in [-0.3, -0.25) is 29.4 Å². The van der Waals surface area contributed by atoms with Gasteiger partial charge >= 0.3 is 0 Å². The molecule has 0 radical (unpaired) electrons. The monoisotopic (exact) mass is 438 g/mol. The van der Waals surface area contributed by atoms with E-state index in [1.165, 1.54) is 38.5 Å². The zero-order valence-electron chi connectivity index (χ0n) is 18.2. The Morgan fingerprint density at radius 2 is 1.66 bits per heavy atom. The summed E-state index contributed by atoms with van der Waals surface area (Å²) in [5.74, 6) is -1.86. The van der Waals surface area contributed by atoms with Crippen molar-refractivity contribution < 1.29 is 19.2 Å². The number of hydrogen-bond donors (Lipinski definition) is 3. The van der Waals surface area contributed by atoms with Crippen molar-refractivity contribution in [1.82, 2.24) is 20.9 Å². The maximum atomic E-state index is 13.0. The first-order valence-corrected chi connectivity index (χ1v) is 11.7. The molecule has 1 unspecified atom stereocenters. The summed E-state index contributed by atoms with van der Waals surface area (Å²) in [6.07, 6.45) is 7.74. The fourth-order valence-electron chi connectivity index (χ4n) is 5.78. The van der Waals surface area contributed by atoms with E-state index in [-0.39, 0.29) is 18.7 Å². The molecule has 3 heterocycles. The summed E-state index contributed by atoms with van der Waals surface area (Å²) in [6.45, 7) is 2.91. The summed E-state index contributed by atoms with van der Waals surface area (Å²) in [6, 6.07) is 4.88. The van der Waals surface area contributed by atoms with Crippen LogP contribution in [0.1, 0.15) is 77.6 Å². The Morgan fingerprint density at radius 3 is 2.38 bits per heavy atom. The number of imide groups is 2. The molecule has 3 aliphatic heterocycles. The second kappa shape index (κ2) is 8.41. The minimum atomic E-state index is -0.925. The van der Waals surface area contributed by atoms with Crippen molar-refractivity contribution in [3.05, 3.63) is 34.9 Å². The normalized spacial score (nSPS) is 25.9. The van der Waals surface area contributed by atoms with Gasteiger partial charge in [0.2, 0.25) is 11.8 Å². The zero-order valence-corrected chi connectivity index (χ0v) is 18.2. The number of hydrogen-bond acceptors (Lipinski definition) is 6. The molecule has 2 saturated heterocycles. The van der Waals surface area contributed by atoms with E-state index >= 15 is 0 Å². The zero-order chi connectivity index (χ0) is 22.3. The van der Waals surface area contributed by atoms with Crippen LogP contribution < -0.4 is 16.0 Å². The van der Waals surface area contributed by atoms with Crippen molar-refractivity contribution in [1.29, 1.82) is 0 Å². The number of amides is 4. The Kier molecular flexibility index (Phi) is 5.59. The Hall–Kier alpha value is -2.58. The first kappa shape index (κ1) is 21.3. The number of carbonyl (C=O) groups is 4. The van der Waals surface area contributed by atoms with E-state index in [2.05, 4.69) is 16.0 Å². The highest BCUT2D eigenvalue weighted by Crippen LogP contribution is 2.43. The van der Waals surface area contributed by atoms with Gasteiger partial charge in [0, 0.05) is 19.0 Å². The number of nitrogens with one attached hydrogen (secondary N) is 3. The average molecular weight is 439 g/mol. The van der Waals surface area contributed by atoms with Crippen LogP contribution in [-0.4, -0.2) is 53.7 Å². The van der Waals surface area contributed by atoms with Gasteiger partial charge in [-0.15, -0.1) is 0 Å². The molecular formula is C24H30N4O4. The average Bonchev–Trinajstić information content (AvgIpc) is 3.04. The Bertz CT molecular complexity index is 959. The Labute approximate surface area is 187 Å². The molecule has 3 N–H and O–H groups in total. The second-order valence-electron chi connectivity index (χ2n) is 9.73. The predicted octanol–water partition coefficient (Wildman–Crippen LogP) is 1.49. The molecule has 4 amide bonds. The van der Waals surface area contributed by atoms with E-state index in [0.29, 0.717) is 29.1 Å². The lowest BCUT2D eigenvalue weighted by atomic mass is 9.67. The highest BCUT2D eigenvalue weighted by molar-refractivity contribution is 6.23. The van der Waals surface area contributed by atoms with Gasteiger partial charge in [0.05, 0.1) is 11.1 Å². The van der Waals surface area contributed by atoms with Gasteiger partial charge < -0.3 is 10.6 Å². The quantitative estimate of drug-likeness (QED) is 0.615. The van der Waals surface area contributed by atoms with E-state index in [0.717, 1.165) is 23.6 Å². The molecular weight excluding hydrogens is 408 g/mol. The molecule has 1 aliphatic carbocycles. The van der Waals surface area contributed by atoms with Gasteiger partial charge in [0.1, 0.15) is 6.04 Å². The topological polar surface area (TPSA) is 108 Å². The van der Waals surface area contributed by atoms with Gasteiger partial charge in [0.15, 0.2) is 0 Å². The van der Waals surface area contributed by atoms with Crippen LogP contribution in [0.15, 0.2) is 18.2 Å². The fraction of sp³-hybridized carbons (Fsp3) is 0.583. The van der Waals surface area contributed by atoms with Gasteiger partial charge in [-0.2, -0.15) is 0 Å². The molecule has 4 aliphatic rings. The smallest absolute Gasteiger partial charge is 0.262 e. The van der Waals surface area contributed by atoms with Crippen molar-refractivity contribution in [2.24, 2.45) is 5.41 Å². The minimum Gasteiger partial charge on any atom is -0.317 e. The molecule has 0 bridgehead atoms. The summed E-state index contributed by atoms with van der Waals surface area (Å²) in [4.78, 5) is 50.4. The lowest BCUT2D eigenvalue weighted by Crippen LogP contribution is -2.54. The molecule has 3 fully saturated rings. The standard InChI is InChI=1S/C24H30N4O4/c29-20-4-3-19(21(30)27-20)28-22(31)17-2-1-15(13-18(17)23(28)32)14-26-16-5-7-24(8-6-16)9-11-25-12-10-24/h1-2,13,16,19,25-26H,3-12,14H2,(H,27,29,30). The number of carbonyl (C=O) groups excluding carboxylic acids is 4. The van der Waals surface area contributed by atoms with E-state index in [4.69, 9.17) is 0 Å². The molecule has 1 spiro atoms. The highest BCUT2D eigenvalue weighted by atomic mass is 16.2. The summed E-state index contributed by atoms with van der Waals surface area (Å²) < 4.78 is 0. The number of fused-ring (bicyclic) bond motifs is 1. The van der Waals surface area contributed by atoms with Gasteiger partial charge in [-0.1, -0.05) is 6.07 Å². The van der Waals surface area contributed by atoms with Crippen molar-refractivity contribution in [2.45, 2.75) is 70.0 Å². The van der Waals surface area contributed by atoms with Crippen LogP contribution in [0.25, 0.3) is 0 Å². The van der Waals surface area contributed by atoms with E-state index < -0.39 is 23.8 Å². The van der Waals surface area contributed by atoms with Crippen molar-refractivity contribution >= 4 is 23.6 Å². The third kappa shape index (κ3) is 3.86. The predicted molar refractivity (Wildman–Crippen MR) is 117 cm³/mol. The van der Waals surface area contributed by atoms with E-state index in [1.54, 1.807) is 12.1 Å². The lowest BCUT2D eigenvalue weighted by molar-refractivity contribution is -0.136. The van der Waals surface area contributed by atoms with Crippen LogP contribution in [0.3, 0.4) is 0 Å². The van der Waals surface area contributed by atoms with Crippen molar-refractivity contribution in [3.63, 3.8) is 0 Å². The van der Waals surface area contributed by atoms with Crippen LogP contribution in [0.4, 0.5) is 0 Å². The fourth-order valence-corrected chi connectivity index (χ4v) is 5.78. The molecule has 1 aromatic carbocycles. The highest BCUT2D eigenvalue weighted by Gasteiger charge is 2.44. The molecule has 1 atom stereocenters. The maximum Gasteiger partial charge on any atom is 0.262 e. The third-order valence-electron chi connectivity index (χ3n) is 7.81. The van der Waals surface area contributed by atoms with Crippen LogP contribution in [-0.2, 0) is 16.1 Å². The van der Waals surface area contributed by atoms with Crippen LogP contribution in [0.5, 0.6) is 0 Å². The SMILES string of the molecule is O=C1CCC(N2C(=O)c3ccc(CNC4CCC5(CCNCC5)CC4)cc3C2=O)C(=O)N1. The molecule has 1 saturated carbocycles. The van der Waals surface area contributed by atoms with Crippen LogP contribution in [0.2, 0.25) is 0 Å². The summed E-state index contributed by atoms with van der Waals surface area (Å²) in [7, 11) is 0. The summed E-state index contributed by atoms with van der Waals surface area (Å²) in [5.41, 5.74) is 2.16. The van der Waals surface area contributed by atoms with E-state index in [9.17, 15) is 19.2 Å². The number of nitrogens with zero attached hydrogens (tertiary/aromatic N) is 1. The number of piperidine rings is 2. The number of benzene rings is 1.